The highest BCUT2D eigenvalue weighted by molar-refractivity contribution is 6.17. The summed E-state index contributed by atoms with van der Waals surface area (Å²) in [5, 5.41) is 0. The van der Waals surface area contributed by atoms with Gasteiger partial charge in [0.2, 0.25) is 23.6 Å². The number of hydrogen-bond donors (Lipinski definition) is 0. The Hall–Kier alpha value is -2.64. The van der Waals surface area contributed by atoms with E-state index in [2.05, 4.69) is 4.98 Å². The summed E-state index contributed by atoms with van der Waals surface area (Å²) >= 11 is 0. The number of imide groups is 2. The molecule has 5 rings (SSSR count). The van der Waals surface area contributed by atoms with Crippen LogP contribution in [0.15, 0.2) is 12.4 Å². The van der Waals surface area contributed by atoms with Crippen LogP contribution in [-0.4, -0.2) is 33.6 Å². The fraction of sp³-hybridized carbons (Fsp3) is 0.750. The van der Waals surface area contributed by atoms with Crippen molar-refractivity contribution in [2.45, 2.75) is 128 Å². The molecule has 0 aliphatic heterocycles. The lowest BCUT2D eigenvalue weighted by Crippen LogP contribution is -2.47. The molecule has 0 saturated heterocycles. The first-order chi connectivity index (χ1) is 19.5. The third-order valence-corrected chi connectivity index (χ3v) is 9.77. The van der Waals surface area contributed by atoms with Gasteiger partial charge in [0.25, 0.3) is 0 Å². The molecule has 0 bridgehead atoms. The molecule has 4 amide bonds. The molecule has 1 aromatic heterocycles. The molecule has 8 nitrogen and oxygen atoms in total. The predicted molar refractivity (Wildman–Crippen MR) is 153 cm³/mol. The van der Waals surface area contributed by atoms with E-state index in [4.69, 9.17) is 4.98 Å². The number of rotatable bonds is 6. The quantitative estimate of drug-likeness (QED) is 0.374. The van der Waals surface area contributed by atoms with Crippen LogP contribution in [-0.2, 0) is 19.2 Å². The maximum Gasteiger partial charge on any atom is 0.238 e. The molecule has 0 aromatic carbocycles. The van der Waals surface area contributed by atoms with E-state index in [9.17, 15) is 19.2 Å². The number of amides is 4. The maximum absolute atomic E-state index is 13.9. The summed E-state index contributed by atoms with van der Waals surface area (Å²) in [7, 11) is 0. The highest BCUT2D eigenvalue weighted by Crippen LogP contribution is 2.34. The van der Waals surface area contributed by atoms with E-state index in [1.54, 1.807) is 0 Å². The van der Waals surface area contributed by atoms with Crippen molar-refractivity contribution in [2.75, 3.05) is 9.80 Å². The Bertz CT molecular complexity index is 912. The minimum absolute atomic E-state index is 0.154. The first-order valence-electron chi connectivity index (χ1n) is 16.1. The van der Waals surface area contributed by atoms with E-state index in [1.807, 2.05) is 0 Å². The van der Waals surface area contributed by atoms with E-state index >= 15 is 0 Å². The lowest BCUT2D eigenvalue weighted by molar-refractivity contribution is -0.133. The number of nitrogens with zero attached hydrogens (tertiary/aromatic N) is 4. The molecule has 4 fully saturated rings. The largest absolute Gasteiger partial charge is 0.274 e. The van der Waals surface area contributed by atoms with Gasteiger partial charge < -0.3 is 0 Å². The summed E-state index contributed by atoms with van der Waals surface area (Å²) in [5.41, 5.74) is 0. The molecule has 40 heavy (non-hydrogen) atoms. The summed E-state index contributed by atoms with van der Waals surface area (Å²) < 4.78 is 0. The summed E-state index contributed by atoms with van der Waals surface area (Å²) in [6.07, 6.45) is 21.3. The molecule has 218 valence electrons. The highest BCUT2D eigenvalue weighted by atomic mass is 16.2. The zero-order chi connectivity index (χ0) is 27.9. The van der Waals surface area contributed by atoms with Gasteiger partial charge in [-0.05, 0) is 51.4 Å². The lowest BCUT2D eigenvalue weighted by Gasteiger charge is -2.33. The van der Waals surface area contributed by atoms with Crippen LogP contribution >= 0.6 is 0 Å². The molecular weight excluding hydrogens is 504 g/mol. The number of anilines is 2. The van der Waals surface area contributed by atoms with Gasteiger partial charge >= 0.3 is 0 Å². The van der Waals surface area contributed by atoms with Crippen molar-refractivity contribution in [3.05, 3.63) is 12.4 Å². The van der Waals surface area contributed by atoms with Gasteiger partial charge in [0.15, 0.2) is 11.6 Å². The minimum atomic E-state index is -0.212. The van der Waals surface area contributed by atoms with E-state index in [1.165, 1.54) is 22.2 Å². The van der Waals surface area contributed by atoms with Crippen molar-refractivity contribution in [2.24, 2.45) is 23.7 Å². The van der Waals surface area contributed by atoms with Crippen molar-refractivity contribution in [1.29, 1.82) is 0 Å². The Morgan fingerprint density at radius 1 is 0.450 bits per heavy atom. The fourth-order valence-corrected chi connectivity index (χ4v) is 7.36. The maximum atomic E-state index is 13.9. The average molecular weight is 551 g/mol. The summed E-state index contributed by atoms with van der Waals surface area (Å²) in [6, 6.07) is 0. The van der Waals surface area contributed by atoms with Gasteiger partial charge in [-0.25, -0.2) is 14.8 Å². The predicted octanol–water partition coefficient (Wildman–Crippen LogP) is 6.52. The van der Waals surface area contributed by atoms with Crippen molar-refractivity contribution in [3.8, 4) is 0 Å². The Kier molecular flexibility index (Phi) is 9.97. The first-order valence-corrected chi connectivity index (χ1v) is 16.1. The van der Waals surface area contributed by atoms with E-state index in [0.717, 1.165) is 128 Å². The van der Waals surface area contributed by atoms with Crippen molar-refractivity contribution in [3.63, 3.8) is 0 Å². The fourth-order valence-electron chi connectivity index (χ4n) is 7.36. The highest BCUT2D eigenvalue weighted by Gasteiger charge is 2.39. The Balaban J connectivity index is 1.49. The van der Waals surface area contributed by atoms with Gasteiger partial charge in [0.05, 0.1) is 12.4 Å². The van der Waals surface area contributed by atoms with Gasteiger partial charge in [-0.15, -0.1) is 0 Å². The minimum Gasteiger partial charge on any atom is -0.274 e. The summed E-state index contributed by atoms with van der Waals surface area (Å²) in [6.45, 7) is 0. The topological polar surface area (TPSA) is 101 Å². The molecule has 0 spiro atoms. The van der Waals surface area contributed by atoms with Crippen molar-refractivity contribution < 1.29 is 19.2 Å². The molecule has 4 aliphatic rings. The molecule has 1 heterocycles. The second-order valence-electron chi connectivity index (χ2n) is 12.6. The van der Waals surface area contributed by atoms with E-state index in [-0.39, 0.29) is 58.9 Å². The molecule has 0 unspecified atom stereocenters. The second kappa shape index (κ2) is 13.8. The molecule has 8 heteroatoms. The van der Waals surface area contributed by atoms with E-state index in [0.29, 0.717) is 0 Å². The number of hydrogen-bond acceptors (Lipinski definition) is 6. The van der Waals surface area contributed by atoms with Crippen LogP contribution < -0.4 is 9.80 Å². The van der Waals surface area contributed by atoms with Crippen LogP contribution in [0.5, 0.6) is 0 Å². The monoisotopic (exact) mass is 550 g/mol. The van der Waals surface area contributed by atoms with Crippen LogP contribution in [0.2, 0.25) is 0 Å². The number of carbonyl (C=O) groups is 4. The Morgan fingerprint density at radius 2 is 0.700 bits per heavy atom. The second-order valence-corrected chi connectivity index (χ2v) is 12.6. The third kappa shape index (κ3) is 6.63. The van der Waals surface area contributed by atoms with Crippen LogP contribution in [0.1, 0.15) is 128 Å². The zero-order valence-electron chi connectivity index (χ0n) is 24.0. The SMILES string of the molecule is O=C(C1CCCCC1)N(C(=O)C1CCCCC1)c1cncc(N(C(=O)C2CCCCC2)C(=O)C2CCCCC2)n1. The third-order valence-electron chi connectivity index (χ3n) is 9.77. The van der Waals surface area contributed by atoms with Crippen molar-refractivity contribution in [1.82, 2.24) is 9.97 Å². The van der Waals surface area contributed by atoms with Crippen LogP contribution in [0.3, 0.4) is 0 Å². The van der Waals surface area contributed by atoms with Crippen LogP contribution in [0.4, 0.5) is 11.6 Å². The average Bonchev–Trinajstić information content (AvgIpc) is 3.03. The van der Waals surface area contributed by atoms with Gasteiger partial charge in [-0.2, -0.15) is 0 Å². The number of aromatic nitrogens is 2. The Labute approximate surface area is 238 Å². The molecule has 0 N–H and O–H groups in total. The first kappa shape index (κ1) is 28.9. The van der Waals surface area contributed by atoms with Crippen LogP contribution in [0.25, 0.3) is 0 Å². The molecule has 4 saturated carbocycles. The zero-order valence-corrected chi connectivity index (χ0v) is 24.0. The normalized spacial score (nSPS) is 22.0. The van der Waals surface area contributed by atoms with E-state index < -0.39 is 0 Å². The smallest absolute Gasteiger partial charge is 0.238 e. The van der Waals surface area contributed by atoms with Crippen LogP contribution in [0, 0.1) is 23.7 Å². The molecule has 1 aromatic rings. The molecule has 0 radical (unpaired) electrons. The number of carbonyl (C=O) groups excluding carboxylic acids is 4. The summed E-state index contributed by atoms with van der Waals surface area (Å²) in [5.74, 6) is -1.35. The molecule has 0 atom stereocenters. The standard InChI is InChI=1S/C32H46N4O4/c37-29(23-13-5-1-6-14-23)35(30(38)24-15-7-2-8-16-24)27-21-33-22-28(34-27)36(31(39)25-17-9-3-10-18-25)32(40)26-19-11-4-12-20-26/h21-26H,1-20H2. The van der Waals surface area contributed by atoms with Crippen molar-refractivity contribution >= 4 is 35.3 Å². The van der Waals surface area contributed by atoms with Gasteiger partial charge in [-0.1, -0.05) is 77.0 Å². The molecule has 4 aliphatic carbocycles. The van der Waals surface area contributed by atoms with Gasteiger partial charge in [0, 0.05) is 23.7 Å². The lowest BCUT2D eigenvalue weighted by atomic mass is 9.86. The Morgan fingerprint density at radius 3 is 0.950 bits per heavy atom. The molecular formula is C32H46N4O4. The van der Waals surface area contributed by atoms with Gasteiger partial charge in [0.1, 0.15) is 0 Å². The summed E-state index contributed by atoms with van der Waals surface area (Å²) in [4.78, 5) is 67.3. The van der Waals surface area contributed by atoms with Gasteiger partial charge in [-0.3, -0.25) is 24.2 Å².